The van der Waals surface area contributed by atoms with Crippen LogP contribution in [0.1, 0.15) is 15.9 Å². The minimum absolute atomic E-state index is 0.0811. The molecule has 1 saturated heterocycles. The number of hydrogen-bond donors (Lipinski definition) is 1. The number of anilines is 1. The van der Waals surface area contributed by atoms with Crippen molar-refractivity contribution in [3.05, 3.63) is 53.6 Å². The van der Waals surface area contributed by atoms with Crippen molar-refractivity contribution in [1.82, 2.24) is 4.90 Å². The molecule has 1 heterocycles. The molecule has 0 spiro atoms. The van der Waals surface area contributed by atoms with Gasteiger partial charge in [-0.1, -0.05) is 6.07 Å². The van der Waals surface area contributed by atoms with Gasteiger partial charge in [0.1, 0.15) is 11.8 Å². The molecule has 1 fully saturated rings. The Balaban J connectivity index is 1.81. The van der Waals surface area contributed by atoms with Gasteiger partial charge in [0.25, 0.3) is 5.91 Å². The Morgan fingerprint density at radius 1 is 1.17 bits per heavy atom. The molecule has 1 unspecified atom stereocenters. The van der Waals surface area contributed by atoms with Gasteiger partial charge in [-0.25, -0.2) is 8.42 Å². The van der Waals surface area contributed by atoms with Gasteiger partial charge in [0.05, 0.1) is 17.9 Å². The predicted molar refractivity (Wildman–Crippen MR) is 113 cm³/mol. The Kier molecular flexibility index (Phi) is 6.18. The molecule has 7 nitrogen and oxygen atoms in total. The number of carbonyl (C=O) groups excluding carboxylic acids is 2. The van der Waals surface area contributed by atoms with E-state index in [1.807, 2.05) is 0 Å². The Bertz CT molecular complexity index is 1040. The largest absolute Gasteiger partial charge is 0.497 e. The summed E-state index contributed by atoms with van der Waals surface area (Å²) in [5.41, 5.74) is 1.56. The third-order valence-electron chi connectivity index (χ3n) is 4.67. The van der Waals surface area contributed by atoms with Crippen LogP contribution in [0.4, 0.5) is 5.69 Å². The zero-order chi connectivity index (χ0) is 21.2. The molecule has 29 heavy (non-hydrogen) atoms. The highest BCUT2D eigenvalue weighted by Gasteiger charge is 2.36. The van der Waals surface area contributed by atoms with E-state index < -0.39 is 15.9 Å². The van der Waals surface area contributed by atoms with E-state index in [0.29, 0.717) is 28.6 Å². The van der Waals surface area contributed by atoms with Crippen molar-refractivity contribution in [1.29, 1.82) is 0 Å². The van der Waals surface area contributed by atoms with Gasteiger partial charge in [-0.2, -0.15) is 0 Å². The highest BCUT2D eigenvalue weighted by Crippen LogP contribution is 2.27. The molecule has 2 aromatic carbocycles. The van der Waals surface area contributed by atoms with Crippen LogP contribution in [0.5, 0.6) is 5.75 Å². The number of benzene rings is 2. The zero-order valence-corrected chi connectivity index (χ0v) is 18.0. The van der Waals surface area contributed by atoms with E-state index >= 15 is 0 Å². The second-order valence-corrected chi connectivity index (χ2v) is 9.77. The van der Waals surface area contributed by atoms with Crippen LogP contribution in [0.15, 0.2) is 47.4 Å². The van der Waals surface area contributed by atoms with Gasteiger partial charge in [-0.05, 0) is 48.9 Å². The van der Waals surface area contributed by atoms with Gasteiger partial charge < -0.3 is 15.0 Å². The van der Waals surface area contributed by atoms with Gasteiger partial charge in [0.2, 0.25) is 5.91 Å². The molecular formula is C20H22N2O5S2. The molecule has 1 atom stereocenters. The Morgan fingerprint density at radius 2 is 1.86 bits per heavy atom. The van der Waals surface area contributed by atoms with E-state index in [2.05, 4.69) is 5.32 Å². The lowest BCUT2D eigenvalue weighted by molar-refractivity contribution is -0.119. The smallest absolute Gasteiger partial charge is 0.255 e. The lowest BCUT2D eigenvalue weighted by atomic mass is 10.1. The Morgan fingerprint density at radius 3 is 2.48 bits per heavy atom. The monoisotopic (exact) mass is 434 g/mol. The minimum Gasteiger partial charge on any atom is -0.497 e. The number of rotatable bonds is 5. The molecule has 1 N–H and O–H groups in total. The summed E-state index contributed by atoms with van der Waals surface area (Å²) in [7, 11) is -1.88. The van der Waals surface area contributed by atoms with Gasteiger partial charge in [0, 0.05) is 23.3 Å². The first-order valence-electron chi connectivity index (χ1n) is 8.85. The normalized spacial score (nSPS) is 16.5. The minimum atomic E-state index is -3.44. The first-order valence-corrected chi connectivity index (χ1v) is 11.9. The van der Waals surface area contributed by atoms with Crippen LogP contribution in [-0.4, -0.2) is 56.2 Å². The van der Waals surface area contributed by atoms with Gasteiger partial charge in [-0.3, -0.25) is 9.59 Å². The summed E-state index contributed by atoms with van der Waals surface area (Å²) >= 11 is 1.48. The molecule has 0 radical (unpaired) electrons. The number of nitrogens with one attached hydrogen (secondary N) is 1. The summed E-state index contributed by atoms with van der Waals surface area (Å²) < 4.78 is 28.8. The highest BCUT2D eigenvalue weighted by molar-refractivity contribution is 7.99. The standard InChI is InChI=1S/C20H22N2O5S2/c1-13-4-9-16(29(3,25)26)10-17(13)20(24)22-12-28-11-18(22)19(23)21-14-5-7-15(27-2)8-6-14/h4-10,18H,11-12H2,1-3H3,(H,21,23). The fraction of sp³-hybridized carbons (Fsp3) is 0.300. The lowest BCUT2D eigenvalue weighted by Crippen LogP contribution is -2.44. The first-order chi connectivity index (χ1) is 13.7. The molecule has 0 aromatic heterocycles. The number of nitrogens with zero attached hydrogens (tertiary/aromatic N) is 1. The van der Waals surface area contributed by atoms with E-state index in [1.54, 1.807) is 44.4 Å². The SMILES string of the molecule is COc1ccc(NC(=O)C2CSCN2C(=O)c2cc(S(C)(=O)=O)ccc2C)cc1. The first kappa shape index (κ1) is 21.2. The Labute approximate surface area is 174 Å². The molecule has 2 amide bonds. The zero-order valence-electron chi connectivity index (χ0n) is 16.3. The maximum Gasteiger partial charge on any atom is 0.255 e. The predicted octanol–water partition coefficient (Wildman–Crippen LogP) is 2.56. The fourth-order valence-corrected chi connectivity index (χ4v) is 4.78. The van der Waals surface area contributed by atoms with E-state index in [9.17, 15) is 18.0 Å². The number of ether oxygens (including phenoxy) is 1. The number of hydrogen-bond acceptors (Lipinski definition) is 6. The number of thioether (sulfide) groups is 1. The van der Waals surface area contributed by atoms with Crippen molar-refractivity contribution >= 4 is 39.1 Å². The summed E-state index contributed by atoms with van der Waals surface area (Å²) in [6.45, 7) is 1.74. The van der Waals surface area contributed by atoms with Crippen LogP contribution < -0.4 is 10.1 Å². The fourth-order valence-electron chi connectivity index (χ4n) is 2.98. The molecule has 3 rings (SSSR count). The summed E-state index contributed by atoms with van der Waals surface area (Å²) in [6.07, 6.45) is 1.10. The second kappa shape index (κ2) is 8.46. The molecule has 1 aliphatic heterocycles. The van der Waals surface area contributed by atoms with Crippen LogP contribution in [0.25, 0.3) is 0 Å². The molecule has 9 heteroatoms. The van der Waals surface area contributed by atoms with Crippen molar-refractivity contribution < 1.29 is 22.7 Å². The average molecular weight is 435 g/mol. The van der Waals surface area contributed by atoms with Crippen LogP contribution in [0, 0.1) is 6.92 Å². The summed E-state index contributed by atoms with van der Waals surface area (Å²) in [5.74, 6) is 0.872. The summed E-state index contributed by atoms with van der Waals surface area (Å²) in [6, 6.07) is 10.8. The summed E-state index contributed by atoms with van der Waals surface area (Å²) in [4.78, 5) is 27.5. The van der Waals surface area contributed by atoms with Gasteiger partial charge in [-0.15, -0.1) is 11.8 Å². The van der Waals surface area contributed by atoms with E-state index in [0.717, 1.165) is 6.26 Å². The van der Waals surface area contributed by atoms with Crippen molar-refractivity contribution in [2.75, 3.05) is 30.3 Å². The maximum atomic E-state index is 13.1. The highest BCUT2D eigenvalue weighted by atomic mass is 32.2. The van der Waals surface area contributed by atoms with Crippen molar-refractivity contribution in [2.24, 2.45) is 0 Å². The molecular weight excluding hydrogens is 412 g/mol. The molecule has 154 valence electrons. The van der Waals surface area contributed by atoms with Crippen LogP contribution in [-0.2, 0) is 14.6 Å². The van der Waals surface area contributed by atoms with Crippen LogP contribution in [0.2, 0.25) is 0 Å². The van der Waals surface area contributed by atoms with Gasteiger partial charge >= 0.3 is 0 Å². The van der Waals surface area contributed by atoms with E-state index in [4.69, 9.17) is 4.74 Å². The number of carbonyl (C=O) groups is 2. The van der Waals surface area contributed by atoms with E-state index in [1.165, 1.54) is 28.8 Å². The number of aryl methyl sites for hydroxylation is 1. The van der Waals surface area contributed by atoms with Crippen LogP contribution in [0.3, 0.4) is 0 Å². The number of amides is 2. The maximum absolute atomic E-state index is 13.1. The quantitative estimate of drug-likeness (QED) is 0.778. The Hall–Kier alpha value is -2.52. The number of sulfone groups is 1. The lowest BCUT2D eigenvalue weighted by Gasteiger charge is -2.24. The molecule has 0 saturated carbocycles. The van der Waals surface area contributed by atoms with E-state index in [-0.39, 0.29) is 22.3 Å². The van der Waals surface area contributed by atoms with Crippen LogP contribution >= 0.6 is 11.8 Å². The molecule has 2 aromatic rings. The second-order valence-electron chi connectivity index (χ2n) is 6.76. The average Bonchev–Trinajstić information content (AvgIpc) is 3.17. The molecule has 0 aliphatic carbocycles. The van der Waals surface area contributed by atoms with Gasteiger partial charge in [0.15, 0.2) is 9.84 Å². The number of methoxy groups -OCH3 is 1. The third-order valence-corrected chi connectivity index (χ3v) is 6.79. The molecule has 1 aliphatic rings. The topological polar surface area (TPSA) is 92.8 Å². The van der Waals surface area contributed by atoms with Crippen molar-refractivity contribution in [3.8, 4) is 5.75 Å². The van der Waals surface area contributed by atoms with Crippen molar-refractivity contribution in [2.45, 2.75) is 17.9 Å². The molecule has 0 bridgehead atoms. The van der Waals surface area contributed by atoms with Crippen molar-refractivity contribution in [3.63, 3.8) is 0 Å². The third kappa shape index (κ3) is 4.73. The summed E-state index contributed by atoms with van der Waals surface area (Å²) in [5, 5.41) is 2.82.